The lowest BCUT2D eigenvalue weighted by Crippen LogP contribution is -2.11. The number of ketones is 1. The van der Waals surface area contributed by atoms with E-state index in [0.29, 0.717) is 26.8 Å². The molecule has 3 rings (SSSR count). The highest BCUT2D eigenvalue weighted by molar-refractivity contribution is 6.35. The van der Waals surface area contributed by atoms with Crippen molar-refractivity contribution >= 4 is 46.0 Å². The van der Waals surface area contributed by atoms with E-state index in [-0.39, 0.29) is 18.1 Å². The largest absolute Gasteiger partial charge is 0.382 e. The predicted octanol–water partition coefficient (Wildman–Crippen LogP) is 2.60. The zero-order chi connectivity index (χ0) is 15.0. The van der Waals surface area contributed by atoms with Crippen molar-refractivity contribution in [2.45, 2.75) is 6.54 Å². The standard InChI is InChI=1S/C13H9Cl2N5O/c14-7-1-2-9(15)8(3-7)10(21)4-20-6-19-11-12(16)17-5-18-13(11)20/h1-3,5-6H,4H2,(H2,16,17,18). The topological polar surface area (TPSA) is 86.7 Å². The molecule has 0 aliphatic heterocycles. The van der Waals surface area contributed by atoms with Crippen LogP contribution < -0.4 is 5.73 Å². The van der Waals surface area contributed by atoms with Crippen molar-refractivity contribution in [2.24, 2.45) is 0 Å². The smallest absolute Gasteiger partial charge is 0.184 e. The number of benzene rings is 1. The molecule has 0 radical (unpaired) electrons. The molecule has 2 N–H and O–H groups in total. The zero-order valence-corrected chi connectivity index (χ0v) is 12.1. The van der Waals surface area contributed by atoms with Crippen LogP contribution in [0.5, 0.6) is 0 Å². The molecule has 106 valence electrons. The van der Waals surface area contributed by atoms with Crippen molar-refractivity contribution < 1.29 is 4.79 Å². The summed E-state index contributed by atoms with van der Waals surface area (Å²) in [6, 6.07) is 4.75. The number of Topliss-reactive ketones (excluding diaryl/α,β-unsaturated/α-hetero) is 1. The number of aromatic nitrogens is 4. The molecular formula is C13H9Cl2N5O. The molecule has 0 fully saturated rings. The molecule has 0 bridgehead atoms. The summed E-state index contributed by atoms with van der Waals surface area (Å²) in [5, 5.41) is 0.799. The molecule has 3 aromatic rings. The van der Waals surface area contributed by atoms with E-state index >= 15 is 0 Å². The summed E-state index contributed by atoms with van der Waals surface area (Å²) in [5.41, 5.74) is 7.01. The van der Waals surface area contributed by atoms with Gasteiger partial charge < -0.3 is 10.3 Å². The Morgan fingerprint density at radius 2 is 2.05 bits per heavy atom. The molecule has 0 unspecified atom stereocenters. The average molecular weight is 322 g/mol. The Bertz CT molecular complexity index is 846. The number of fused-ring (bicyclic) bond motifs is 1. The average Bonchev–Trinajstić information content (AvgIpc) is 2.86. The first-order chi connectivity index (χ1) is 10.1. The van der Waals surface area contributed by atoms with Gasteiger partial charge in [0.25, 0.3) is 0 Å². The van der Waals surface area contributed by atoms with Crippen LogP contribution in [-0.2, 0) is 6.54 Å². The Kier molecular flexibility index (Phi) is 3.48. The van der Waals surface area contributed by atoms with E-state index in [1.807, 2.05) is 0 Å². The molecule has 0 atom stereocenters. The molecule has 2 aromatic heterocycles. The van der Waals surface area contributed by atoms with E-state index in [1.54, 1.807) is 16.7 Å². The van der Waals surface area contributed by atoms with Gasteiger partial charge in [-0.15, -0.1) is 0 Å². The fourth-order valence-electron chi connectivity index (χ4n) is 1.97. The molecule has 0 aliphatic rings. The molecular weight excluding hydrogens is 313 g/mol. The van der Waals surface area contributed by atoms with Gasteiger partial charge in [-0.05, 0) is 18.2 Å². The van der Waals surface area contributed by atoms with Crippen LogP contribution >= 0.6 is 23.2 Å². The van der Waals surface area contributed by atoms with E-state index in [1.165, 1.54) is 18.7 Å². The van der Waals surface area contributed by atoms with E-state index in [9.17, 15) is 4.79 Å². The van der Waals surface area contributed by atoms with Crippen LogP contribution in [0.2, 0.25) is 10.0 Å². The number of hydrogen-bond acceptors (Lipinski definition) is 5. The molecule has 1 aromatic carbocycles. The lowest BCUT2D eigenvalue weighted by Gasteiger charge is -2.06. The number of carbonyl (C=O) groups is 1. The van der Waals surface area contributed by atoms with E-state index < -0.39 is 0 Å². The Morgan fingerprint density at radius 1 is 1.24 bits per heavy atom. The van der Waals surface area contributed by atoms with Gasteiger partial charge in [0.05, 0.1) is 17.9 Å². The minimum atomic E-state index is -0.195. The molecule has 21 heavy (non-hydrogen) atoms. The third kappa shape index (κ3) is 2.55. The van der Waals surface area contributed by atoms with Gasteiger partial charge >= 0.3 is 0 Å². The maximum atomic E-state index is 12.3. The van der Waals surface area contributed by atoms with Crippen LogP contribution in [0.25, 0.3) is 11.2 Å². The summed E-state index contributed by atoms with van der Waals surface area (Å²) in [6.07, 6.45) is 2.82. The third-order valence-corrected chi connectivity index (χ3v) is 3.54. The lowest BCUT2D eigenvalue weighted by molar-refractivity contribution is 0.0973. The summed E-state index contributed by atoms with van der Waals surface area (Å²) in [6.45, 7) is 0.0347. The Morgan fingerprint density at radius 3 is 2.86 bits per heavy atom. The van der Waals surface area contributed by atoms with Crippen molar-refractivity contribution in [3.05, 3.63) is 46.5 Å². The fourth-order valence-corrected chi connectivity index (χ4v) is 2.36. The lowest BCUT2D eigenvalue weighted by atomic mass is 10.1. The van der Waals surface area contributed by atoms with Gasteiger partial charge in [-0.25, -0.2) is 15.0 Å². The molecule has 8 heteroatoms. The predicted molar refractivity (Wildman–Crippen MR) is 80.5 cm³/mol. The second-order valence-corrected chi connectivity index (χ2v) is 5.19. The highest BCUT2D eigenvalue weighted by Gasteiger charge is 2.15. The molecule has 0 spiro atoms. The van der Waals surface area contributed by atoms with Crippen LogP contribution in [-0.4, -0.2) is 25.3 Å². The minimum Gasteiger partial charge on any atom is -0.382 e. The number of anilines is 1. The van der Waals surface area contributed by atoms with Crippen LogP contribution in [0, 0.1) is 0 Å². The first-order valence-corrected chi connectivity index (χ1v) is 6.71. The SMILES string of the molecule is Nc1ncnc2c1ncn2CC(=O)c1cc(Cl)ccc1Cl. The first kappa shape index (κ1) is 13.8. The molecule has 0 amide bonds. The summed E-state index contributed by atoms with van der Waals surface area (Å²) < 4.78 is 1.59. The Labute approximate surface area is 129 Å². The van der Waals surface area contributed by atoms with Crippen LogP contribution in [0.4, 0.5) is 5.82 Å². The molecule has 0 saturated heterocycles. The number of nitrogen functional groups attached to an aromatic ring is 1. The number of carbonyl (C=O) groups excluding carboxylic acids is 1. The van der Waals surface area contributed by atoms with Gasteiger partial charge in [-0.3, -0.25) is 4.79 Å². The van der Waals surface area contributed by atoms with Crippen LogP contribution in [0.3, 0.4) is 0 Å². The highest BCUT2D eigenvalue weighted by atomic mass is 35.5. The van der Waals surface area contributed by atoms with E-state index in [2.05, 4.69) is 15.0 Å². The van der Waals surface area contributed by atoms with E-state index in [0.717, 1.165) is 0 Å². The first-order valence-electron chi connectivity index (χ1n) is 5.96. The maximum Gasteiger partial charge on any atom is 0.184 e. The third-order valence-electron chi connectivity index (χ3n) is 2.97. The van der Waals surface area contributed by atoms with Crippen molar-refractivity contribution in [1.82, 2.24) is 19.5 Å². The highest BCUT2D eigenvalue weighted by Crippen LogP contribution is 2.22. The van der Waals surface area contributed by atoms with Crippen molar-refractivity contribution in [3.63, 3.8) is 0 Å². The second kappa shape index (κ2) is 5.31. The maximum absolute atomic E-state index is 12.3. The minimum absolute atomic E-state index is 0.0347. The Balaban J connectivity index is 1.97. The molecule has 6 nitrogen and oxygen atoms in total. The number of nitrogens with zero attached hydrogens (tertiary/aromatic N) is 4. The summed E-state index contributed by atoms with van der Waals surface area (Å²) >= 11 is 11.9. The second-order valence-electron chi connectivity index (χ2n) is 4.35. The van der Waals surface area contributed by atoms with E-state index in [4.69, 9.17) is 28.9 Å². The van der Waals surface area contributed by atoms with Gasteiger partial charge in [0, 0.05) is 10.6 Å². The zero-order valence-electron chi connectivity index (χ0n) is 10.6. The van der Waals surface area contributed by atoms with Gasteiger partial charge in [0.2, 0.25) is 0 Å². The number of imidazole rings is 1. The number of hydrogen-bond donors (Lipinski definition) is 1. The molecule has 2 heterocycles. The normalized spacial score (nSPS) is 11.0. The number of halogens is 2. The van der Waals surface area contributed by atoms with Gasteiger partial charge in [-0.2, -0.15) is 0 Å². The summed E-state index contributed by atoms with van der Waals surface area (Å²) in [4.78, 5) is 24.4. The monoisotopic (exact) mass is 321 g/mol. The quantitative estimate of drug-likeness (QED) is 0.749. The van der Waals surface area contributed by atoms with Crippen molar-refractivity contribution in [3.8, 4) is 0 Å². The number of rotatable bonds is 3. The summed E-state index contributed by atoms with van der Waals surface area (Å²) in [5.74, 6) is 0.0750. The van der Waals surface area contributed by atoms with Gasteiger partial charge in [0.15, 0.2) is 17.2 Å². The fraction of sp³-hybridized carbons (Fsp3) is 0.0769. The molecule has 0 saturated carbocycles. The van der Waals surface area contributed by atoms with Crippen LogP contribution in [0.1, 0.15) is 10.4 Å². The van der Waals surface area contributed by atoms with Crippen molar-refractivity contribution in [2.75, 3.05) is 5.73 Å². The summed E-state index contributed by atoms with van der Waals surface area (Å²) in [7, 11) is 0. The molecule has 0 aliphatic carbocycles. The number of nitrogens with two attached hydrogens (primary N) is 1. The van der Waals surface area contributed by atoms with Gasteiger partial charge in [0.1, 0.15) is 11.8 Å². The van der Waals surface area contributed by atoms with Gasteiger partial charge in [-0.1, -0.05) is 23.2 Å². The van der Waals surface area contributed by atoms with Crippen molar-refractivity contribution in [1.29, 1.82) is 0 Å². The Hall–Kier alpha value is -2.18. The van der Waals surface area contributed by atoms with Crippen LogP contribution in [0.15, 0.2) is 30.9 Å².